The Labute approximate surface area is 136 Å². The summed E-state index contributed by atoms with van der Waals surface area (Å²) in [5.41, 5.74) is 0.568. The summed E-state index contributed by atoms with van der Waals surface area (Å²) in [6, 6.07) is 6.57. The molecule has 0 unspecified atom stereocenters. The average molecular weight is 342 g/mol. The minimum atomic E-state index is -3.03. The molecule has 1 heterocycles. The first-order valence-electron chi connectivity index (χ1n) is 7.68. The van der Waals surface area contributed by atoms with E-state index >= 15 is 0 Å². The lowest BCUT2D eigenvalue weighted by molar-refractivity contribution is 0.435. The molecule has 0 amide bonds. The third kappa shape index (κ3) is 5.18. The number of rotatable bonds is 6. The molecule has 6 nitrogen and oxygen atoms in total. The Hall–Kier alpha value is -1.67. The van der Waals surface area contributed by atoms with E-state index < -0.39 is 10.0 Å². The van der Waals surface area contributed by atoms with Crippen LogP contribution in [0.5, 0.6) is 0 Å². The zero-order chi connectivity index (χ0) is 16.7. The van der Waals surface area contributed by atoms with E-state index in [1.54, 1.807) is 25.2 Å². The highest BCUT2D eigenvalue weighted by Gasteiger charge is 2.27. The summed E-state index contributed by atoms with van der Waals surface area (Å²) in [5.74, 6) is 0.568. The van der Waals surface area contributed by atoms with E-state index in [9.17, 15) is 12.8 Å². The summed E-state index contributed by atoms with van der Waals surface area (Å²) in [6.45, 7) is 2.07. The van der Waals surface area contributed by atoms with Crippen molar-refractivity contribution in [1.29, 1.82) is 0 Å². The summed E-state index contributed by atoms with van der Waals surface area (Å²) in [5, 5.41) is 6.14. The van der Waals surface area contributed by atoms with Crippen LogP contribution >= 0.6 is 0 Å². The normalized spacial score (nSPS) is 18.1. The van der Waals surface area contributed by atoms with Crippen LogP contribution in [0, 0.1) is 5.82 Å². The molecule has 0 aromatic heterocycles. The molecule has 0 saturated carbocycles. The summed E-state index contributed by atoms with van der Waals surface area (Å²) in [4.78, 5) is 4.07. The van der Waals surface area contributed by atoms with E-state index in [1.165, 1.54) is 10.4 Å². The molecule has 0 spiro atoms. The quantitative estimate of drug-likeness (QED) is 0.458. The van der Waals surface area contributed by atoms with E-state index in [0.29, 0.717) is 50.5 Å². The number of sulfonamides is 1. The number of benzene rings is 1. The maximum absolute atomic E-state index is 13.5. The number of nitrogens with one attached hydrogen (secondary N) is 2. The van der Waals surface area contributed by atoms with E-state index in [0.717, 1.165) is 0 Å². The van der Waals surface area contributed by atoms with Crippen LogP contribution in [0.1, 0.15) is 18.4 Å². The van der Waals surface area contributed by atoms with E-state index in [-0.39, 0.29) is 11.6 Å². The van der Waals surface area contributed by atoms with Crippen molar-refractivity contribution >= 4 is 16.0 Å². The van der Waals surface area contributed by atoms with Gasteiger partial charge in [-0.05, 0) is 18.9 Å². The molecule has 0 bridgehead atoms. The number of aliphatic imine (C=N–C) groups is 1. The zero-order valence-electron chi connectivity index (χ0n) is 13.3. The minimum Gasteiger partial charge on any atom is -0.356 e. The van der Waals surface area contributed by atoms with Crippen LogP contribution < -0.4 is 10.6 Å². The molecule has 1 saturated heterocycles. The molecule has 0 atom stereocenters. The van der Waals surface area contributed by atoms with Crippen molar-refractivity contribution in [2.45, 2.75) is 19.4 Å². The highest BCUT2D eigenvalue weighted by atomic mass is 32.2. The van der Waals surface area contributed by atoms with Crippen molar-refractivity contribution in [3.8, 4) is 0 Å². The van der Waals surface area contributed by atoms with Crippen LogP contribution in [0.3, 0.4) is 0 Å². The maximum atomic E-state index is 13.5. The first-order valence-corrected chi connectivity index (χ1v) is 9.29. The first kappa shape index (κ1) is 17.7. The molecular formula is C15H23FN4O2S. The van der Waals surface area contributed by atoms with Crippen molar-refractivity contribution in [2.24, 2.45) is 4.99 Å². The fourth-order valence-corrected chi connectivity index (χ4v) is 4.01. The topological polar surface area (TPSA) is 73.8 Å². The van der Waals surface area contributed by atoms with Crippen LogP contribution in [0.15, 0.2) is 29.3 Å². The van der Waals surface area contributed by atoms with Crippen molar-refractivity contribution in [3.63, 3.8) is 0 Å². The smallest absolute Gasteiger partial charge is 0.214 e. The van der Waals surface area contributed by atoms with Gasteiger partial charge in [0.25, 0.3) is 0 Å². The van der Waals surface area contributed by atoms with Gasteiger partial charge in [0.05, 0.1) is 5.75 Å². The average Bonchev–Trinajstić information content (AvgIpc) is 2.87. The van der Waals surface area contributed by atoms with Crippen molar-refractivity contribution in [2.75, 3.05) is 32.4 Å². The lowest BCUT2D eigenvalue weighted by Crippen LogP contribution is -2.38. The molecule has 8 heteroatoms. The Morgan fingerprint density at radius 2 is 2.13 bits per heavy atom. The molecule has 128 valence electrons. The summed E-state index contributed by atoms with van der Waals surface area (Å²) in [6.07, 6.45) is 1.40. The standard InChI is InChI=1S/C15H23FN4O2S/c1-17-15(19-12-13-6-2-3-7-14(13)16)18-8-4-9-20-10-5-11-23(20,21)22/h2-3,6-7H,4-5,8-12H2,1H3,(H2,17,18,19). The minimum absolute atomic E-state index is 0.255. The van der Waals surface area contributed by atoms with Gasteiger partial charge >= 0.3 is 0 Å². The maximum Gasteiger partial charge on any atom is 0.214 e. The summed E-state index contributed by atoms with van der Waals surface area (Å²) < 4.78 is 38.4. The van der Waals surface area contributed by atoms with Gasteiger partial charge in [-0.15, -0.1) is 0 Å². The van der Waals surface area contributed by atoms with Gasteiger partial charge in [-0.25, -0.2) is 17.1 Å². The fourth-order valence-electron chi connectivity index (χ4n) is 2.45. The monoisotopic (exact) mass is 342 g/mol. The predicted octanol–water partition coefficient (Wildman–Crippen LogP) is 0.916. The van der Waals surface area contributed by atoms with E-state index in [2.05, 4.69) is 15.6 Å². The van der Waals surface area contributed by atoms with Gasteiger partial charge in [0.1, 0.15) is 5.82 Å². The van der Waals surface area contributed by atoms with Gasteiger partial charge < -0.3 is 10.6 Å². The molecule has 23 heavy (non-hydrogen) atoms. The highest BCUT2D eigenvalue weighted by molar-refractivity contribution is 7.89. The van der Waals surface area contributed by atoms with Crippen LogP contribution in [0.25, 0.3) is 0 Å². The van der Waals surface area contributed by atoms with Gasteiger partial charge in [-0.2, -0.15) is 0 Å². The lowest BCUT2D eigenvalue weighted by atomic mass is 10.2. The molecule has 1 aliphatic heterocycles. The SMILES string of the molecule is CN=C(NCCCN1CCCS1(=O)=O)NCc1ccccc1F. The van der Waals surface area contributed by atoms with Crippen LogP contribution in [-0.2, 0) is 16.6 Å². The van der Waals surface area contributed by atoms with Gasteiger partial charge in [0.2, 0.25) is 10.0 Å². The predicted molar refractivity (Wildman–Crippen MR) is 89.2 cm³/mol. The lowest BCUT2D eigenvalue weighted by Gasteiger charge is -2.15. The fraction of sp³-hybridized carbons (Fsp3) is 0.533. The van der Waals surface area contributed by atoms with Gasteiger partial charge in [-0.3, -0.25) is 4.99 Å². The Morgan fingerprint density at radius 1 is 1.35 bits per heavy atom. The Kier molecular flexibility index (Phi) is 6.35. The van der Waals surface area contributed by atoms with Gasteiger partial charge in [-0.1, -0.05) is 18.2 Å². The van der Waals surface area contributed by atoms with Crippen LogP contribution in [-0.4, -0.2) is 51.1 Å². The summed E-state index contributed by atoms with van der Waals surface area (Å²) >= 11 is 0. The van der Waals surface area contributed by atoms with Gasteiger partial charge in [0.15, 0.2) is 5.96 Å². The Morgan fingerprint density at radius 3 is 2.78 bits per heavy atom. The van der Waals surface area contributed by atoms with E-state index in [4.69, 9.17) is 0 Å². The van der Waals surface area contributed by atoms with Crippen molar-refractivity contribution in [1.82, 2.24) is 14.9 Å². The molecule has 2 N–H and O–H groups in total. The summed E-state index contributed by atoms with van der Waals surface area (Å²) in [7, 11) is -1.39. The zero-order valence-corrected chi connectivity index (χ0v) is 14.1. The second-order valence-electron chi connectivity index (χ2n) is 5.37. The van der Waals surface area contributed by atoms with Crippen molar-refractivity contribution in [3.05, 3.63) is 35.6 Å². The van der Waals surface area contributed by atoms with Gasteiger partial charge in [0, 0.05) is 38.8 Å². The molecule has 0 radical (unpaired) electrons. The van der Waals surface area contributed by atoms with Crippen molar-refractivity contribution < 1.29 is 12.8 Å². The Bertz CT molecular complexity index is 649. The second-order valence-corrected chi connectivity index (χ2v) is 7.45. The molecule has 0 aliphatic carbocycles. The number of nitrogens with zero attached hydrogens (tertiary/aromatic N) is 2. The number of hydrogen-bond acceptors (Lipinski definition) is 3. The number of hydrogen-bond donors (Lipinski definition) is 2. The first-order chi connectivity index (χ1) is 11.0. The third-order valence-corrected chi connectivity index (χ3v) is 5.66. The largest absolute Gasteiger partial charge is 0.356 e. The molecule has 1 aromatic rings. The van der Waals surface area contributed by atoms with E-state index in [1.807, 2.05) is 0 Å². The number of halogens is 1. The molecule has 1 aromatic carbocycles. The molecule has 2 rings (SSSR count). The molecule has 1 aliphatic rings. The van der Waals surface area contributed by atoms with Crippen LogP contribution in [0.4, 0.5) is 4.39 Å². The second kappa shape index (κ2) is 8.26. The third-order valence-electron chi connectivity index (χ3n) is 3.71. The van der Waals surface area contributed by atoms with Crippen LogP contribution in [0.2, 0.25) is 0 Å². The Balaban J connectivity index is 1.70. The highest BCUT2D eigenvalue weighted by Crippen LogP contribution is 2.12. The molecule has 1 fully saturated rings. The number of guanidine groups is 1. The molecular weight excluding hydrogens is 319 g/mol.